The first-order valence-corrected chi connectivity index (χ1v) is 3.99. The molecule has 1 saturated carbocycles. The lowest BCUT2D eigenvalue weighted by molar-refractivity contribution is 0.256. The van der Waals surface area contributed by atoms with Gasteiger partial charge in [0.1, 0.15) is 5.54 Å². The van der Waals surface area contributed by atoms with Gasteiger partial charge in [0.25, 0.3) is 0 Å². The van der Waals surface area contributed by atoms with Gasteiger partial charge in [0, 0.05) is 0 Å². The highest BCUT2D eigenvalue weighted by Gasteiger charge is 2.35. The molecule has 0 atom stereocenters. The van der Waals surface area contributed by atoms with Crippen LogP contribution in [-0.4, -0.2) is 12.1 Å². The van der Waals surface area contributed by atoms with Gasteiger partial charge in [-0.25, -0.2) is 0 Å². The molecule has 0 heterocycles. The third kappa shape index (κ3) is 1.30. The van der Waals surface area contributed by atoms with E-state index in [0.717, 1.165) is 25.8 Å². The second kappa shape index (κ2) is 3.03. The lowest BCUT2D eigenvalue weighted by atomic mass is 9.78. The van der Waals surface area contributed by atoms with Gasteiger partial charge in [-0.1, -0.05) is 6.92 Å². The minimum atomic E-state index is -0.129. The normalized spacial score (nSPS) is 21.2. The van der Waals surface area contributed by atoms with Gasteiger partial charge in [-0.15, -0.1) is 0 Å². The van der Waals surface area contributed by atoms with Gasteiger partial charge in [-0.05, 0) is 32.2 Å². The maximum atomic E-state index is 8.75. The van der Waals surface area contributed by atoms with E-state index in [2.05, 4.69) is 18.3 Å². The first kappa shape index (κ1) is 7.56. The number of nitrogens with one attached hydrogen (secondary N) is 1. The van der Waals surface area contributed by atoms with Crippen LogP contribution in [0.1, 0.15) is 32.6 Å². The molecular weight excluding hydrogens is 124 g/mol. The molecule has 10 heavy (non-hydrogen) atoms. The summed E-state index contributed by atoms with van der Waals surface area (Å²) in [5.74, 6) is 0. The van der Waals surface area contributed by atoms with Crippen LogP contribution in [0.5, 0.6) is 0 Å². The summed E-state index contributed by atoms with van der Waals surface area (Å²) in [7, 11) is 0. The molecule has 1 fully saturated rings. The molecule has 2 heteroatoms. The highest BCUT2D eigenvalue weighted by Crippen LogP contribution is 2.30. The zero-order valence-electron chi connectivity index (χ0n) is 6.48. The Hall–Kier alpha value is -0.550. The molecule has 1 rings (SSSR count). The van der Waals surface area contributed by atoms with E-state index in [1.165, 1.54) is 6.42 Å². The molecular formula is C8H14N2. The summed E-state index contributed by atoms with van der Waals surface area (Å²) in [6, 6.07) is 2.34. The molecule has 2 nitrogen and oxygen atoms in total. The van der Waals surface area contributed by atoms with Gasteiger partial charge in [-0.3, -0.25) is 5.32 Å². The van der Waals surface area contributed by atoms with E-state index in [1.54, 1.807) is 0 Å². The summed E-state index contributed by atoms with van der Waals surface area (Å²) >= 11 is 0. The summed E-state index contributed by atoms with van der Waals surface area (Å²) in [4.78, 5) is 0. The highest BCUT2D eigenvalue weighted by molar-refractivity contribution is 5.12. The number of hydrogen-bond donors (Lipinski definition) is 1. The minimum absolute atomic E-state index is 0.129. The Kier molecular flexibility index (Phi) is 2.29. The van der Waals surface area contributed by atoms with E-state index >= 15 is 0 Å². The quantitative estimate of drug-likeness (QED) is 0.640. The molecule has 56 valence electrons. The topological polar surface area (TPSA) is 35.8 Å². The highest BCUT2D eigenvalue weighted by atomic mass is 15.0. The standard InChI is InChI=1S/C8H14N2/c1-2-6-10-8(7-9)4-3-5-8/h10H,2-6H2,1H3. The van der Waals surface area contributed by atoms with Crippen molar-refractivity contribution in [1.29, 1.82) is 5.26 Å². The zero-order valence-corrected chi connectivity index (χ0v) is 6.48. The summed E-state index contributed by atoms with van der Waals surface area (Å²) in [6.45, 7) is 3.10. The second-order valence-corrected chi connectivity index (χ2v) is 2.97. The maximum Gasteiger partial charge on any atom is 0.106 e. The Balaban J connectivity index is 2.29. The Morgan fingerprint density at radius 2 is 2.30 bits per heavy atom. The fourth-order valence-electron chi connectivity index (χ4n) is 1.22. The predicted octanol–water partition coefficient (Wildman–Crippen LogP) is 1.43. The van der Waals surface area contributed by atoms with E-state index in [9.17, 15) is 0 Å². The Labute approximate surface area is 62.2 Å². The SMILES string of the molecule is CCCNC1(C#N)CCC1. The molecule has 0 unspecified atom stereocenters. The van der Waals surface area contributed by atoms with Crippen molar-refractivity contribution >= 4 is 0 Å². The van der Waals surface area contributed by atoms with Crippen molar-refractivity contribution in [3.8, 4) is 6.07 Å². The van der Waals surface area contributed by atoms with E-state index in [4.69, 9.17) is 5.26 Å². The van der Waals surface area contributed by atoms with Crippen LogP contribution in [0.25, 0.3) is 0 Å². The van der Waals surface area contributed by atoms with Crippen LogP contribution in [0.2, 0.25) is 0 Å². The first-order chi connectivity index (χ1) is 4.83. The molecule has 0 saturated heterocycles. The monoisotopic (exact) mass is 138 g/mol. The van der Waals surface area contributed by atoms with E-state index < -0.39 is 0 Å². The largest absolute Gasteiger partial charge is 0.299 e. The van der Waals surface area contributed by atoms with Crippen molar-refractivity contribution in [2.45, 2.75) is 38.1 Å². The Morgan fingerprint density at radius 1 is 1.60 bits per heavy atom. The predicted molar refractivity (Wildman–Crippen MR) is 40.5 cm³/mol. The molecule has 0 aromatic heterocycles. The van der Waals surface area contributed by atoms with Crippen molar-refractivity contribution in [2.24, 2.45) is 0 Å². The van der Waals surface area contributed by atoms with Gasteiger partial charge in [0.15, 0.2) is 0 Å². The summed E-state index contributed by atoms with van der Waals surface area (Å²) in [5.41, 5.74) is -0.129. The van der Waals surface area contributed by atoms with Gasteiger partial charge >= 0.3 is 0 Å². The van der Waals surface area contributed by atoms with E-state index in [1.807, 2.05) is 0 Å². The van der Waals surface area contributed by atoms with Gasteiger partial charge < -0.3 is 0 Å². The van der Waals surface area contributed by atoms with Crippen LogP contribution in [0, 0.1) is 11.3 Å². The lowest BCUT2D eigenvalue weighted by Crippen LogP contribution is -2.49. The van der Waals surface area contributed by atoms with Gasteiger partial charge in [0.05, 0.1) is 6.07 Å². The molecule has 1 aliphatic rings. The summed E-state index contributed by atoms with van der Waals surface area (Å²) in [5, 5.41) is 12.0. The van der Waals surface area contributed by atoms with Crippen molar-refractivity contribution < 1.29 is 0 Å². The minimum Gasteiger partial charge on any atom is -0.299 e. The molecule has 1 aliphatic carbocycles. The molecule has 1 N–H and O–H groups in total. The van der Waals surface area contributed by atoms with Crippen LogP contribution in [0.3, 0.4) is 0 Å². The van der Waals surface area contributed by atoms with E-state index in [-0.39, 0.29) is 5.54 Å². The lowest BCUT2D eigenvalue weighted by Gasteiger charge is -2.35. The van der Waals surface area contributed by atoms with Crippen LogP contribution in [0.15, 0.2) is 0 Å². The van der Waals surface area contributed by atoms with Crippen molar-refractivity contribution in [3.05, 3.63) is 0 Å². The molecule has 0 bridgehead atoms. The average Bonchev–Trinajstić information content (AvgIpc) is 1.87. The summed E-state index contributed by atoms with van der Waals surface area (Å²) in [6.07, 6.45) is 4.42. The second-order valence-electron chi connectivity index (χ2n) is 2.97. The number of hydrogen-bond acceptors (Lipinski definition) is 2. The zero-order chi connectivity index (χ0) is 7.45. The van der Waals surface area contributed by atoms with Crippen molar-refractivity contribution in [1.82, 2.24) is 5.32 Å². The molecule has 0 aromatic carbocycles. The van der Waals surface area contributed by atoms with Crippen LogP contribution in [-0.2, 0) is 0 Å². The third-order valence-corrected chi connectivity index (χ3v) is 2.13. The van der Waals surface area contributed by atoms with Crippen LogP contribution in [0.4, 0.5) is 0 Å². The Morgan fingerprint density at radius 3 is 2.60 bits per heavy atom. The smallest absolute Gasteiger partial charge is 0.106 e. The van der Waals surface area contributed by atoms with Crippen LogP contribution < -0.4 is 5.32 Å². The van der Waals surface area contributed by atoms with E-state index in [0.29, 0.717) is 0 Å². The molecule has 0 aromatic rings. The summed E-state index contributed by atoms with van der Waals surface area (Å²) < 4.78 is 0. The number of rotatable bonds is 3. The maximum absolute atomic E-state index is 8.75. The molecule has 0 amide bonds. The Bertz CT molecular complexity index is 142. The molecule has 0 radical (unpaired) electrons. The number of nitriles is 1. The van der Waals surface area contributed by atoms with Crippen LogP contribution >= 0.6 is 0 Å². The van der Waals surface area contributed by atoms with Crippen molar-refractivity contribution in [3.63, 3.8) is 0 Å². The molecule has 0 aliphatic heterocycles. The third-order valence-electron chi connectivity index (χ3n) is 2.13. The fourth-order valence-corrected chi connectivity index (χ4v) is 1.22. The van der Waals surface area contributed by atoms with Gasteiger partial charge in [0.2, 0.25) is 0 Å². The van der Waals surface area contributed by atoms with Crippen molar-refractivity contribution in [2.75, 3.05) is 6.54 Å². The van der Waals surface area contributed by atoms with Gasteiger partial charge in [-0.2, -0.15) is 5.26 Å². The fraction of sp³-hybridized carbons (Fsp3) is 0.875. The number of nitrogens with zero attached hydrogens (tertiary/aromatic N) is 1. The molecule has 0 spiro atoms. The average molecular weight is 138 g/mol. The first-order valence-electron chi connectivity index (χ1n) is 3.99.